The van der Waals surface area contributed by atoms with Crippen LogP contribution in [0.5, 0.6) is 11.5 Å². The largest absolute Gasteiger partial charge is 0.496 e. The first-order chi connectivity index (χ1) is 9.01. The minimum atomic E-state index is -0.580. The van der Waals surface area contributed by atoms with Crippen LogP contribution in [0.15, 0.2) is 17.2 Å². The standard InChI is InChI=1S/C10H12N4O4S/c1-17-7-3-4-8(18-2)9(14(15)16)6(7)5-12-13-10(11)19/h3-5H,1-2H3,(H3,11,13,19). The summed E-state index contributed by atoms with van der Waals surface area (Å²) < 4.78 is 9.99. The molecule has 0 aliphatic rings. The number of nitrogens with two attached hydrogens (primary N) is 1. The maximum atomic E-state index is 11.1. The number of hydrazone groups is 1. The van der Waals surface area contributed by atoms with Crippen molar-refractivity contribution in [3.8, 4) is 11.5 Å². The molecule has 0 aliphatic heterocycles. The Labute approximate surface area is 114 Å². The Morgan fingerprint density at radius 3 is 2.53 bits per heavy atom. The smallest absolute Gasteiger partial charge is 0.323 e. The van der Waals surface area contributed by atoms with Crippen molar-refractivity contribution in [2.75, 3.05) is 14.2 Å². The molecule has 0 radical (unpaired) electrons. The van der Waals surface area contributed by atoms with Gasteiger partial charge < -0.3 is 15.2 Å². The Bertz CT molecular complexity index is 533. The molecule has 8 nitrogen and oxygen atoms in total. The highest BCUT2D eigenvalue weighted by Crippen LogP contribution is 2.35. The van der Waals surface area contributed by atoms with Crippen LogP contribution < -0.4 is 20.6 Å². The zero-order chi connectivity index (χ0) is 14.4. The van der Waals surface area contributed by atoms with Crippen LogP contribution >= 0.6 is 12.2 Å². The quantitative estimate of drug-likeness (QED) is 0.355. The highest BCUT2D eigenvalue weighted by Gasteiger charge is 2.23. The van der Waals surface area contributed by atoms with E-state index in [1.807, 2.05) is 0 Å². The summed E-state index contributed by atoms with van der Waals surface area (Å²) in [4.78, 5) is 10.5. The zero-order valence-corrected chi connectivity index (χ0v) is 11.1. The fraction of sp³-hybridized carbons (Fsp3) is 0.200. The summed E-state index contributed by atoms with van der Waals surface area (Å²) in [5.41, 5.74) is 7.40. The van der Waals surface area contributed by atoms with Gasteiger partial charge in [0.05, 0.1) is 25.4 Å². The Balaban J connectivity index is 3.34. The average Bonchev–Trinajstić information content (AvgIpc) is 2.37. The van der Waals surface area contributed by atoms with Gasteiger partial charge in [0.2, 0.25) is 0 Å². The topological polar surface area (TPSA) is 112 Å². The van der Waals surface area contributed by atoms with Crippen molar-refractivity contribution in [3.63, 3.8) is 0 Å². The molecule has 1 aromatic rings. The lowest BCUT2D eigenvalue weighted by atomic mass is 10.1. The van der Waals surface area contributed by atoms with Crippen LogP contribution in [0.3, 0.4) is 0 Å². The van der Waals surface area contributed by atoms with Gasteiger partial charge in [-0.15, -0.1) is 0 Å². The molecule has 0 aliphatic carbocycles. The van der Waals surface area contributed by atoms with Crippen molar-refractivity contribution in [2.45, 2.75) is 0 Å². The molecule has 1 rings (SSSR count). The number of nitro benzene ring substituents is 1. The van der Waals surface area contributed by atoms with E-state index in [2.05, 4.69) is 22.7 Å². The monoisotopic (exact) mass is 284 g/mol. The average molecular weight is 284 g/mol. The van der Waals surface area contributed by atoms with Gasteiger partial charge in [-0.25, -0.2) is 0 Å². The number of benzene rings is 1. The van der Waals surface area contributed by atoms with Crippen molar-refractivity contribution < 1.29 is 14.4 Å². The molecule has 19 heavy (non-hydrogen) atoms. The number of hydrogen-bond donors (Lipinski definition) is 2. The predicted molar refractivity (Wildman–Crippen MR) is 73.7 cm³/mol. The zero-order valence-electron chi connectivity index (χ0n) is 10.2. The number of hydrogen-bond acceptors (Lipinski definition) is 6. The van der Waals surface area contributed by atoms with E-state index in [0.29, 0.717) is 0 Å². The fourth-order valence-electron chi connectivity index (χ4n) is 1.39. The summed E-state index contributed by atoms with van der Waals surface area (Å²) in [5.74, 6) is 0.378. The van der Waals surface area contributed by atoms with Crippen molar-refractivity contribution in [3.05, 3.63) is 27.8 Å². The number of thiocarbonyl (C=S) groups is 1. The molecular weight excluding hydrogens is 272 g/mol. The number of methoxy groups -OCH3 is 2. The molecule has 9 heteroatoms. The van der Waals surface area contributed by atoms with E-state index in [9.17, 15) is 10.1 Å². The molecule has 1 aromatic carbocycles. The second kappa shape index (κ2) is 6.50. The van der Waals surface area contributed by atoms with Gasteiger partial charge >= 0.3 is 5.69 Å². The van der Waals surface area contributed by atoms with Gasteiger partial charge in [0.1, 0.15) is 11.3 Å². The number of ether oxygens (including phenoxy) is 2. The van der Waals surface area contributed by atoms with E-state index in [4.69, 9.17) is 15.2 Å². The molecule has 0 bridgehead atoms. The minimum absolute atomic E-state index is 0.0548. The van der Waals surface area contributed by atoms with Gasteiger partial charge in [-0.2, -0.15) is 5.10 Å². The SMILES string of the molecule is COc1ccc(OC)c([N+](=O)[O-])c1C=NNC(N)=S. The summed E-state index contributed by atoms with van der Waals surface area (Å²) in [6.07, 6.45) is 1.19. The van der Waals surface area contributed by atoms with Gasteiger partial charge in [-0.1, -0.05) is 0 Å². The number of rotatable bonds is 5. The summed E-state index contributed by atoms with van der Waals surface area (Å²) >= 11 is 4.57. The Kier molecular flexibility index (Phi) is 5.01. The Morgan fingerprint density at radius 1 is 1.47 bits per heavy atom. The molecule has 102 valence electrons. The van der Waals surface area contributed by atoms with Crippen LogP contribution in [0.2, 0.25) is 0 Å². The molecule has 0 saturated carbocycles. The van der Waals surface area contributed by atoms with Crippen molar-refractivity contribution in [2.24, 2.45) is 10.8 Å². The number of nitro groups is 1. The maximum Gasteiger partial charge on any atom is 0.323 e. The molecule has 0 atom stereocenters. The van der Waals surface area contributed by atoms with E-state index >= 15 is 0 Å². The first-order valence-corrected chi connectivity index (χ1v) is 5.40. The first-order valence-electron chi connectivity index (χ1n) is 4.99. The third-order valence-corrected chi connectivity index (χ3v) is 2.22. The minimum Gasteiger partial charge on any atom is -0.496 e. The predicted octanol–water partition coefficient (Wildman–Crippen LogP) is 0.779. The van der Waals surface area contributed by atoms with Crippen LogP contribution in [0.1, 0.15) is 5.56 Å². The van der Waals surface area contributed by atoms with Crippen molar-refractivity contribution in [1.29, 1.82) is 0 Å². The molecule has 0 unspecified atom stereocenters. The van der Waals surface area contributed by atoms with Crippen LogP contribution in [0.25, 0.3) is 0 Å². The van der Waals surface area contributed by atoms with E-state index in [0.717, 1.165) is 0 Å². The maximum absolute atomic E-state index is 11.1. The molecule has 0 amide bonds. The molecule has 0 saturated heterocycles. The van der Waals surface area contributed by atoms with Gasteiger partial charge in [-0.05, 0) is 24.4 Å². The third-order valence-electron chi connectivity index (χ3n) is 2.13. The highest BCUT2D eigenvalue weighted by atomic mass is 32.1. The molecule has 0 heterocycles. The van der Waals surface area contributed by atoms with Crippen LogP contribution in [0, 0.1) is 10.1 Å². The van der Waals surface area contributed by atoms with Gasteiger partial charge in [0, 0.05) is 0 Å². The van der Waals surface area contributed by atoms with Gasteiger partial charge in [-0.3, -0.25) is 15.5 Å². The van der Waals surface area contributed by atoms with E-state index in [1.165, 1.54) is 32.6 Å². The summed E-state index contributed by atoms with van der Waals surface area (Å²) in [6, 6.07) is 2.98. The molecule has 0 fully saturated rings. The van der Waals surface area contributed by atoms with Gasteiger partial charge in [0.15, 0.2) is 10.9 Å². The van der Waals surface area contributed by atoms with Crippen LogP contribution in [-0.4, -0.2) is 30.5 Å². The second-order valence-electron chi connectivity index (χ2n) is 3.22. The van der Waals surface area contributed by atoms with E-state index in [1.54, 1.807) is 0 Å². The number of nitrogens with one attached hydrogen (secondary N) is 1. The highest BCUT2D eigenvalue weighted by molar-refractivity contribution is 7.80. The summed E-state index contributed by atoms with van der Waals surface area (Å²) in [6.45, 7) is 0. The van der Waals surface area contributed by atoms with E-state index in [-0.39, 0.29) is 27.9 Å². The first kappa shape index (κ1) is 14.6. The Morgan fingerprint density at radius 2 is 2.05 bits per heavy atom. The van der Waals surface area contributed by atoms with Crippen molar-refractivity contribution >= 4 is 29.2 Å². The second-order valence-corrected chi connectivity index (χ2v) is 3.66. The summed E-state index contributed by atoms with van der Waals surface area (Å²) in [7, 11) is 2.73. The van der Waals surface area contributed by atoms with E-state index < -0.39 is 4.92 Å². The number of nitrogens with zero attached hydrogens (tertiary/aromatic N) is 2. The normalized spacial score (nSPS) is 10.2. The molecule has 0 aromatic heterocycles. The van der Waals surface area contributed by atoms with Gasteiger partial charge in [0.25, 0.3) is 0 Å². The van der Waals surface area contributed by atoms with Crippen molar-refractivity contribution in [1.82, 2.24) is 5.43 Å². The summed E-state index contributed by atoms with van der Waals surface area (Å²) in [5, 5.41) is 14.7. The third kappa shape index (κ3) is 3.52. The molecular formula is C10H12N4O4S. The molecule has 0 spiro atoms. The Hall–Kier alpha value is -2.42. The lowest BCUT2D eigenvalue weighted by molar-refractivity contribution is -0.385. The lowest BCUT2D eigenvalue weighted by Gasteiger charge is -2.08. The lowest BCUT2D eigenvalue weighted by Crippen LogP contribution is -2.24. The molecule has 3 N–H and O–H groups in total. The van der Waals surface area contributed by atoms with Crippen LogP contribution in [0.4, 0.5) is 5.69 Å². The van der Waals surface area contributed by atoms with Crippen LogP contribution in [-0.2, 0) is 0 Å². The fourth-order valence-corrected chi connectivity index (χ4v) is 1.44.